The highest BCUT2D eigenvalue weighted by molar-refractivity contribution is 7.91. The molecule has 0 saturated heterocycles. The van der Waals surface area contributed by atoms with Gasteiger partial charge in [0, 0.05) is 18.2 Å². The van der Waals surface area contributed by atoms with E-state index in [1.165, 1.54) is 18.2 Å². The number of hydrogen-bond acceptors (Lipinski definition) is 7. The minimum atomic E-state index is -4.52. The van der Waals surface area contributed by atoms with E-state index in [1.807, 2.05) is 0 Å². The van der Waals surface area contributed by atoms with Gasteiger partial charge >= 0.3 is 22.1 Å². The number of hydrogen-bond donors (Lipinski definition) is 1. The summed E-state index contributed by atoms with van der Waals surface area (Å²) in [4.78, 5) is 22.3. The Morgan fingerprint density at radius 3 is 2.33 bits per heavy atom. The third kappa shape index (κ3) is 6.93. The average Bonchev–Trinajstić information content (AvgIpc) is 2.84. The van der Waals surface area contributed by atoms with E-state index in [0.717, 1.165) is 22.5 Å². The molecule has 0 atom stereocenters. The summed E-state index contributed by atoms with van der Waals surface area (Å²) in [6.45, 7) is 5.17. The molecule has 0 aliphatic carbocycles. The third-order valence-corrected chi connectivity index (χ3v) is 7.12. The quantitative estimate of drug-likeness (QED) is 0.247. The van der Waals surface area contributed by atoms with Gasteiger partial charge in [0.1, 0.15) is 11.5 Å². The molecule has 1 amide bonds. The number of ether oxygens (including phenoxy) is 2. The lowest BCUT2D eigenvalue weighted by atomic mass is 10.1. The smallest absolute Gasteiger partial charge is 0.416 e. The number of nitro groups is 1. The Hall–Kier alpha value is -4.04. The summed E-state index contributed by atoms with van der Waals surface area (Å²) in [5, 5.41) is 10.7. The SMILES string of the molecule is CC(C)N1C(=O)c2ccccc2NS1(=O)=O.CCOc1cc(Oc2ccc(C(F)(F)F)cc2Cl)ccc1[N+](=O)[O-]. The van der Waals surface area contributed by atoms with E-state index >= 15 is 0 Å². The molecule has 1 heterocycles. The molecule has 0 bridgehead atoms. The number of nitrogens with one attached hydrogen (secondary N) is 1. The number of benzene rings is 3. The molecule has 10 nitrogen and oxygen atoms in total. The van der Waals surface area contributed by atoms with Crippen LogP contribution in [0.2, 0.25) is 5.02 Å². The van der Waals surface area contributed by atoms with Gasteiger partial charge in [-0.2, -0.15) is 21.6 Å². The van der Waals surface area contributed by atoms with Crippen LogP contribution in [0.3, 0.4) is 0 Å². The molecule has 0 fully saturated rings. The maximum absolute atomic E-state index is 12.6. The first-order valence-corrected chi connectivity index (χ1v) is 13.4. The lowest BCUT2D eigenvalue weighted by Crippen LogP contribution is -2.48. The average molecular weight is 602 g/mol. The number of fused-ring (bicyclic) bond motifs is 1. The third-order valence-electron chi connectivity index (χ3n) is 5.24. The number of para-hydroxylation sites is 1. The van der Waals surface area contributed by atoms with Crippen molar-refractivity contribution in [2.75, 3.05) is 11.3 Å². The molecule has 1 aliphatic rings. The second kappa shape index (κ2) is 12.0. The summed E-state index contributed by atoms with van der Waals surface area (Å²) >= 11 is 5.80. The van der Waals surface area contributed by atoms with Crippen LogP contribution in [-0.2, 0) is 16.4 Å². The fraction of sp³-hybridized carbons (Fsp3) is 0.240. The van der Waals surface area contributed by atoms with Gasteiger partial charge < -0.3 is 9.47 Å². The molecule has 3 aromatic carbocycles. The van der Waals surface area contributed by atoms with E-state index in [1.54, 1.807) is 45.0 Å². The van der Waals surface area contributed by atoms with Crippen LogP contribution in [0.4, 0.5) is 24.5 Å². The van der Waals surface area contributed by atoms with Crippen molar-refractivity contribution in [2.45, 2.75) is 33.0 Å². The first kappa shape index (κ1) is 30.5. The van der Waals surface area contributed by atoms with Crippen molar-refractivity contribution in [2.24, 2.45) is 0 Å². The highest BCUT2D eigenvalue weighted by Gasteiger charge is 2.37. The van der Waals surface area contributed by atoms with Crippen LogP contribution in [0, 0.1) is 10.1 Å². The van der Waals surface area contributed by atoms with Crippen molar-refractivity contribution >= 4 is 39.1 Å². The number of amides is 1. The normalized spacial score (nSPS) is 14.0. The second-order valence-electron chi connectivity index (χ2n) is 8.41. The summed E-state index contributed by atoms with van der Waals surface area (Å²) in [5.74, 6) is -0.362. The number of carbonyl (C=O) groups excluding carboxylic acids is 1. The van der Waals surface area contributed by atoms with Gasteiger partial charge in [0.2, 0.25) is 5.75 Å². The zero-order chi connectivity index (χ0) is 29.8. The Morgan fingerprint density at radius 2 is 1.75 bits per heavy atom. The van der Waals surface area contributed by atoms with E-state index in [4.69, 9.17) is 21.1 Å². The van der Waals surface area contributed by atoms with Crippen molar-refractivity contribution in [1.82, 2.24) is 4.31 Å². The van der Waals surface area contributed by atoms with Gasteiger partial charge in [-0.3, -0.25) is 19.6 Å². The number of nitrogens with zero attached hydrogens (tertiary/aromatic N) is 2. The molecule has 214 valence electrons. The fourth-order valence-electron chi connectivity index (χ4n) is 3.55. The van der Waals surface area contributed by atoms with Gasteiger partial charge in [0.05, 0.1) is 33.4 Å². The Labute approximate surface area is 232 Å². The molecule has 1 N–H and O–H groups in total. The largest absolute Gasteiger partial charge is 0.487 e. The van der Waals surface area contributed by atoms with Crippen LogP contribution in [0.15, 0.2) is 60.7 Å². The number of alkyl halides is 3. The highest BCUT2D eigenvalue weighted by atomic mass is 35.5. The van der Waals surface area contributed by atoms with Crippen LogP contribution in [-0.4, -0.2) is 36.2 Å². The Bertz CT molecular complexity index is 1530. The van der Waals surface area contributed by atoms with Crippen LogP contribution >= 0.6 is 11.6 Å². The van der Waals surface area contributed by atoms with Crippen molar-refractivity contribution in [3.8, 4) is 17.2 Å². The lowest BCUT2D eigenvalue weighted by Gasteiger charge is -2.31. The molecule has 0 unspecified atom stereocenters. The number of rotatable bonds is 6. The molecule has 0 spiro atoms. The monoisotopic (exact) mass is 601 g/mol. The van der Waals surface area contributed by atoms with Crippen molar-refractivity contribution < 1.29 is 40.8 Å². The van der Waals surface area contributed by atoms with Crippen molar-refractivity contribution in [1.29, 1.82) is 0 Å². The topological polar surface area (TPSA) is 128 Å². The van der Waals surface area contributed by atoms with Crippen LogP contribution in [0.1, 0.15) is 36.7 Å². The predicted octanol–water partition coefficient (Wildman–Crippen LogP) is 6.67. The molecular weight excluding hydrogens is 579 g/mol. The van der Waals surface area contributed by atoms with E-state index in [2.05, 4.69) is 4.72 Å². The number of nitro benzene ring substituents is 1. The summed E-state index contributed by atoms with van der Waals surface area (Å²) in [6, 6.07) is 12.6. The summed E-state index contributed by atoms with van der Waals surface area (Å²) in [5.41, 5.74) is -0.434. The molecule has 1 aliphatic heterocycles. The van der Waals surface area contributed by atoms with Gasteiger partial charge in [-0.05, 0) is 57.2 Å². The maximum atomic E-state index is 12.6. The van der Waals surface area contributed by atoms with E-state index in [0.29, 0.717) is 11.3 Å². The Kier molecular flexibility index (Phi) is 9.15. The van der Waals surface area contributed by atoms with Gasteiger partial charge in [0.15, 0.2) is 0 Å². The summed E-state index contributed by atoms with van der Waals surface area (Å²) in [6.07, 6.45) is -4.52. The first-order chi connectivity index (χ1) is 18.7. The summed E-state index contributed by atoms with van der Waals surface area (Å²) in [7, 11) is -3.75. The molecule has 0 aromatic heterocycles. The van der Waals surface area contributed by atoms with Crippen LogP contribution < -0.4 is 14.2 Å². The van der Waals surface area contributed by atoms with Crippen molar-refractivity contribution in [3.63, 3.8) is 0 Å². The van der Waals surface area contributed by atoms with E-state index in [-0.39, 0.29) is 34.6 Å². The first-order valence-electron chi connectivity index (χ1n) is 11.6. The zero-order valence-corrected chi connectivity index (χ0v) is 22.8. The molecule has 0 saturated carbocycles. The van der Waals surface area contributed by atoms with E-state index < -0.39 is 38.8 Å². The lowest BCUT2D eigenvalue weighted by molar-refractivity contribution is -0.385. The molecule has 3 aromatic rings. The zero-order valence-electron chi connectivity index (χ0n) is 21.2. The van der Waals surface area contributed by atoms with Crippen LogP contribution in [0.25, 0.3) is 0 Å². The van der Waals surface area contributed by atoms with Crippen LogP contribution in [0.5, 0.6) is 17.2 Å². The minimum Gasteiger partial charge on any atom is -0.487 e. The van der Waals surface area contributed by atoms with Gasteiger partial charge in [-0.15, -0.1) is 0 Å². The minimum absolute atomic E-state index is 0.0111. The molecule has 15 heteroatoms. The standard InChI is InChI=1S/C15H11ClF3NO4.C10H12N2O3S/c1-2-23-14-8-10(4-5-12(14)20(21)22)24-13-6-3-9(7-11(13)16)15(17,18)19;1-7(2)12-10(13)8-5-3-4-6-9(8)11-16(12,14)15/h3-8H,2H2,1H3;3-7,11H,1-2H3. The van der Waals surface area contributed by atoms with Gasteiger partial charge in [-0.25, -0.2) is 4.31 Å². The maximum Gasteiger partial charge on any atom is 0.416 e. The number of halogens is 4. The molecule has 0 radical (unpaired) electrons. The summed E-state index contributed by atoms with van der Waals surface area (Å²) < 4.78 is 75.2. The molecule has 4 rings (SSSR count). The van der Waals surface area contributed by atoms with E-state index in [9.17, 15) is 36.5 Å². The second-order valence-corrected chi connectivity index (χ2v) is 10.4. The Balaban J connectivity index is 0.000000238. The fourth-order valence-corrected chi connectivity index (χ4v) is 5.20. The predicted molar refractivity (Wildman–Crippen MR) is 141 cm³/mol. The van der Waals surface area contributed by atoms with Gasteiger partial charge in [0.25, 0.3) is 5.91 Å². The number of anilines is 1. The highest BCUT2D eigenvalue weighted by Crippen LogP contribution is 2.38. The molecule has 40 heavy (non-hydrogen) atoms. The number of carbonyl (C=O) groups is 1. The van der Waals surface area contributed by atoms with Gasteiger partial charge in [-0.1, -0.05) is 23.7 Å². The van der Waals surface area contributed by atoms with Crippen molar-refractivity contribution in [3.05, 3.63) is 86.9 Å². The Morgan fingerprint density at radius 1 is 1.07 bits per heavy atom. The molecular formula is C25H23ClF3N3O7S.